The third-order valence-corrected chi connectivity index (χ3v) is 3.55. The summed E-state index contributed by atoms with van der Waals surface area (Å²) >= 11 is 1.91. The van der Waals surface area contributed by atoms with Crippen LogP contribution in [0, 0.1) is 5.92 Å². The first-order chi connectivity index (χ1) is 6.65. The summed E-state index contributed by atoms with van der Waals surface area (Å²) in [5.74, 6) is 1.88. The summed E-state index contributed by atoms with van der Waals surface area (Å²) in [7, 11) is 2.21. The molecule has 2 nitrogen and oxygen atoms in total. The largest absolute Gasteiger partial charge is 0.330 e. The number of hydrogen-bond donors (Lipinski definition) is 1. The summed E-state index contributed by atoms with van der Waals surface area (Å²) in [6, 6.07) is 0.663. The quantitative estimate of drug-likeness (QED) is 0.676. The predicted octanol–water partition coefficient (Wildman–Crippen LogP) is 2.04. The monoisotopic (exact) mass is 218 g/mol. The van der Waals surface area contributed by atoms with E-state index >= 15 is 0 Å². The highest BCUT2D eigenvalue weighted by Gasteiger charge is 2.13. The van der Waals surface area contributed by atoms with Gasteiger partial charge < -0.3 is 10.6 Å². The SMILES string of the molecule is CCCC(CN)CN(C)C(C)CSC. The zero-order valence-electron chi connectivity index (χ0n) is 10.1. The van der Waals surface area contributed by atoms with Crippen LogP contribution >= 0.6 is 11.8 Å². The van der Waals surface area contributed by atoms with Crippen LogP contribution in [0.4, 0.5) is 0 Å². The van der Waals surface area contributed by atoms with Gasteiger partial charge in [-0.05, 0) is 39.1 Å². The Balaban J connectivity index is 3.81. The number of hydrogen-bond acceptors (Lipinski definition) is 3. The average Bonchev–Trinajstić information content (AvgIpc) is 2.17. The van der Waals surface area contributed by atoms with E-state index in [1.807, 2.05) is 11.8 Å². The van der Waals surface area contributed by atoms with Crippen molar-refractivity contribution in [2.24, 2.45) is 11.7 Å². The van der Waals surface area contributed by atoms with E-state index in [1.165, 1.54) is 18.6 Å². The summed E-state index contributed by atoms with van der Waals surface area (Å²) in [5, 5.41) is 0. The Hall–Kier alpha value is 0.270. The minimum absolute atomic E-state index is 0.663. The molecule has 2 unspecified atom stereocenters. The second-order valence-electron chi connectivity index (χ2n) is 4.13. The van der Waals surface area contributed by atoms with E-state index in [0.717, 1.165) is 13.1 Å². The maximum absolute atomic E-state index is 5.75. The molecule has 0 fully saturated rings. The van der Waals surface area contributed by atoms with E-state index in [0.29, 0.717) is 12.0 Å². The fourth-order valence-electron chi connectivity index (χ4n) is 1.65. The average molecular weight is 218 g/mol. The van der Waals surface area contributed by atoms with Gasteiger partial charge in [-0.25, -0.2) is 0 Å². The molecule has 0 aliphatic heterocycles. The summed E-state index contributed by atoms with van der Waals surface area (Å²) in [6.45, 7) is 6.49. The molecule has 0 radical (unpaired) electrons. The van der Waals surface area contributed by atoms with Crippen LogP contribution in [0.15, 0.2) is 0 Å². The fraction of sp³-hybridized carbons (Fsp3) is 1.00. The Bertz CT molecular complexity index is 130. The first kappa shape index (κ1) is 14.3. The molecule has 0 saturated carbocycles. The van der Waals surface area contributed by atoms with Crippen molar-refractivity contribution < 1.29 is 0 Å². The molecule has 0 aliphatic carbocycles. The third kappa shape index (κ3) is 5.89. The molecule has 0 aromatic carbocycles. The molecular weight excluding hydrogens is 192 g/mol. The predicted molar refractivity (Wildman–Crippen MR) is 67.9 cm³/mol. The van der Waals surface area contributed by atoms with Crippen molar-refractivity contribution in [2.45, 2.75) is 32.7 Å². The van der Waals surface area contributed by atoms with Crippen molar-refractivity contribution in [3.8, 4) is 0 Å². The first-order valence-corrected chi connectivity index (χ1v) is 6.94. The van der Waals surface area contributed by atoms with Crippen LogP contribution in [0.25, 0.3) is 0 Å². The summed E-state index contributed by atoms with van der Waals surface area (Å²) in [6.07, 6.45) is 4.66. The smallest absolute Gasteiger partial charge is 0.0155 e. The van der Waals surface area contributed by atoms with Gasteiger partial charge in [-0.2, -0.15) is 11.8 Å². The van der Waals surface area contributed by atoms with Crippen LogP contribution in [-0.4, -0.2) is 43.1 Å². The lowest BCUT2D eigenvalue weighted by Gasteiger charge is -2.28. The summed E-state index contributed by atoms with van der Waals surface area (Å²) in [5.41, 5.74) is 5.75. The first-order valence-electron chi connectivity index (χ1n) is 5.54. The Labute approximate surface area is 93.6 Å². The molecular formula is C11H26N2S. The normalized spacial score (nSPS) is 15.9. The molecule has 0 aromatic heterocycles. The highest BCUT2D eigenvalue weighted by molar-refractivity contribution is 7.98. The van der Waals surface area contributed by atoms with Crippen molar-refractivity contribution in [1.29, 1.82) is 0 Å². The molecule has 0 amide bonds. The van der Waals surface area contributed by atoms with E-state index in [2.05, 4.69) is 32.1 Å². The Morgan fingerprint density at radius 3 is 2.50 bits per heavy atom. The van der Waals surface area contributed by atoms with Crippen molar-refractivity contribution in [3.63, 3.8) is 0 Å². The van der Waals surface area contributed by atoms with Gasteiger partial charge in [-0.15, -0.1) is 0 Å². The molecule has 0 bridgehead atoms. The van der Waals surface area contributed by atoms with Crippen LogP contribution in [0.1, 0.15) is 26.7 Å². The zero-order chi connectivity index (χ0) is 11.0. The van der Waals surface area contributed by atoms with Gasteiger partial charge in [0.2, 0.25) is 0 Å². The maximum atomic E-state index is 5.75. The summed E-state index contributed by atoms with van der Waals surface area (Å²) in [4.78, 5) is 2.43. The molecule has 0 heterocycles. The molecule has 14 heavy (non-hydrogen) atoms. The molecule has 0 saturated heterocycles. The van der Waals surface area contributed by atoms with Crippen LogP contribution in [-0.2, 0) is 0 Å². The lowest BCUT2D eigenvalue weighted by atomic mass is 10.0. The minimum Gasteiger partial charge on any atom is -0.330 e. The molecule has 2 atom stereocenters. The number of rotatable bonds is 8. The topological polar surface area (TPSA) is 29.3 Å². The molecule has 86 valence electrons. The van der Waals surface area contributed by atoms with Gasteiger partial charge in [0.15, 0.2) is 0 Å². The van der Waals surface area contributed by atoms with Crippen LogP contribution in [0.3, 0.4) is 0 Å². The highest BCUT2D eigenvalue weighted by Crippen LogP contribution is 2.10. The Morgan fingerprint density at radius 2 is 2.07 bits per heavy atom. The molecule has 2 N–H and O–H groups in total. The molecule has 0 aromatic rings. The van der Waals surface area contributed by atoms with Crippen molar-refractivity contribution in [3.05, 3.63) is 0 Å². The highest BCUT2D eigenvalue weighted by atomic mass is 32.2. The Kier molecular flexibility index (Phi) is 8.73. The lowest BCUT2D eigenvalue weighted by Crippen LogP contribution is -2.37. The molecule has 3 heteroatoms. The third-order valence-electron chi connectivity index (χ3n) is 2.74. The second-order valence-corrected chi connectivity index (χ2v) is 5.05. The van der Waals surface area contributed by atoms with Crippen molar-refractivity contribution in [1.82, 2.24) is 4.90 Å². The van der Waals surface area contributed by atoms with Gasteiger partial charge in [-0.1, -0.05) is 13.3 Å². The fourth-order valence-corrected chi connectivity index (χ4v) is 2.38. The molecule has 0 rings (SSSR count). The van der Waals surface area contributed by atoms with Gasteiger partial charge in [0.05, 0.1) is 0 Å². The number of nitrogens with two attached hydrogens (primary N) is 1. The summed E-state index contributed by atoms with van der Waals surface area (Å²) < 4.78 is 0. The van der Waals surface area contributed by atoms with Gasteiger partial charge in [0, 0.05) is 18.3 Å². The van der Waals surface area contributed by atoms with Crippen LogP contribution < -0.4 is 5.73 Å². The van der Waals surface area contributed by atoms with E-state index in [9.17, 15) is 0 Å². The van der Waals surface area contributed by atoms with E-state index in [1.54, 1.807) is 0 Å². The Morgan fingerprint density at radius 1 is 1.43 bits per heavy atom. The zero-order valence-corrected chi connectivity index (χ0v) is 10.9. The van der Waals surface area contributed by atoms with Gasteiger partial charge in [0.25, 0.3) is 0 Å². The van der Waals surface area contributed by atoms with Gasteiger partial charge in [0.1, 0.15) is 0 Å². The van der Waals surface area contributed by atoms with Gasteiger partial charge >= 0.3 is 0 Å². The van der Waals surface area contributed by atoms with Crippen molar-refractivity contribution >= 4 is 11.8 Å². The van der Waals surface area contributed by atoms with Crippen LogP contribution in [0.2, 0.25) is 0 Å². The van der Waals surface area contributed by atoms with Gasteiger partial charge in [-0.3, -0.25) is 0 Å². The number of thioether (sulfide) groups is 1. The minimum atomic E-state index is 0.663. The lowest BCUT2D eigenvalue weighted by molar-refractivity contribution is 0.228. The molecule has 0 spiro atoms. The second kappa shape index (κ2) is 8.57. The standard InChI is InChI=1S/C11H26N2S/c1-5-6-11(7-12)8-13(3)10(2)9-14-4/h10-11H,5-9,12H2,1-4H3. The van der Waals surface area contributed by atoms with E-state index < -0.39 is 0 Å². The molecule has 0 aliphatic rings. The van der Waals surface area contributed by atoms with E-state index in [4.69, 9.17) is 5.73 Å². The van der Waals surface area contributed by atoms with E-state index in [-0.39, 0.29) is 0 Å². The maximum Gasteiger partial charge on any atom is 0.0155 e. The van der Waals surface area contributed by atoms with Crippen LogP contribution in [0.5, 0.6) is 0 Å². The van der Waals surface area contributed by atoms with Crippen molar-refractivity contribution in [2.75, 3.05) is 32.1 Å². The number of nitrogens with zero attached hydrogens (tertiary/aromatic N) is 1.